The van der Waals surface area contributed by atoms with E-state index in [2.05, 4.69) is 44.0 Å². The van der Waals surface area contributed by atoms with E-state index in [9.17, 15) is 18.8 Å². The van der Waals surface area contributed by atoms with Gasteiger partial charge in [0.1, 0.15) is 12.4 Å². The number of carbonyl (C=O) groups is 3. The molecule has 1 fully saturated rings. The molecule has 2 aromatic rings. The SMILES string of the molecule is CCCN1c2cc(Cl)c(/C=C3/SC(=O)N(CC(=O)Nc4ccc(F)cc4)C3=O)cc2C(C)=CC1(C)C. The Hall–Kier alpha value is -3.10. The first-order valence-electron chi connectivity index (χ1n) is 11.6. The molecule has 0 bridgehead atoms. The third kappa shape index (κ3) is 5.20. The van der Waals surface area contributed by atoms with Crippen molar-refractivity contribution in [3.8, 4) is 0 Å². The maximum atomic E-state index is 13.1. The van der Waals surface area contributed by atoms with Gasteiger partial charge in [0.2, 0.25) is 5.91 Å². The largest absolute Gasteiger partial charge is 0.362 e. The molecule has 2 aromatic carbocycles. The fourth-order valence-electron chi connectivity index (χ4n) is 4.51. The maximum Gasteiger partial charge on any atom is 0.294 e. The van der Waals surface area contributed by atoms with Gasteiger partial charge in [-0.25, -0.2) is 4.39 Å². The monoisotopic (exact) mass is 527 g/mol. The number of thioether (sulfide) groups is 1. The third-order valence-electron chi connectivity index (χ3n) is 6.13. The fourth-order valence-corrected chi connectivity index (χ4v) is 5.55. The van der Waals surface area contributed by atoms with Crippen LogP contribution in [0.3, 0.4) is 0 Å². The van der Waals surface area contributed by atoms with Gasteiger partial charge >= 0.3 is 0 Å². The quantitative estimate of drug-likeness (QED) is 0.430. The van der Waals surface area contributed by atoms with Crippen molar-refractivity contribution < 1.29 is 18.8 Å². The van der Waals surface area contributed by atoms with Crippen molar-refractivity contribution >= 4 is 63.4 Å². The average molecular weight is 528 g/mol. The number of hydrogen-bond donors (Lipinski definition) is 1. The van der Waals surface area contributed by atoms with E-state index >= 15 is 0 Å². The zero-order valence-corrected chi connectivity index (χ0v) is 22.1. The average Bonchev–Trinajstić information content (AvgIpc) is 3.06. The number of benzene rings is 2. The lowest BCUT2D eigenvalue weighted by Gasteiger charge is -2.43. The van der Waals surface area contributed by atoms with Crippen LogP contribution in [0, 0.1) is 5.82 Å². The van der Waals surface area contributed by atoms with E-state index in [0.29, 0.717) is 16.3 Å². The van der Waals surface area contributed by atoms with Crippen LogP contribution < -0.4 is 10.2 Å². The van der Waals surface area contributed by atoms with Gasteiger partial charge in [-0.3, -0.25) is 19.3 Å². The van der Waals surface area contributed by atoms with Gasteiger partial charge in [-0.2, -0.15) is 0 Å². The molecule has 0 spiro atoms. The number of allylic oxidation sites excluding steroid dienone is 1. The number of anilines is 2. The Bertz CT molecular complexity index is 1300. The summed E-state index contributed by atoms with van der Waals surface area (Å²) < 4.78 is 13.1. The van der Waals surface area contributed by atoms with Crippen LogP contribution in [0.4, 0.5) is 20.6 Å². The van der Waals surface area contributed by atoms with Crippen molar-refractivity contribution in [2.45, 2.75) is 39.7 Å². The molecule has 0 unspecified atom stereocenters. The second-order valence-electron chi connectivity index (χ2n) is 9.35. The lowest BCUT2D eigenvalue weighted by molar-refractivity contribution is -0.127. The molecule has 3 amide bonds. The predicted molar refractivity (Wildman–Crippen MR) is 145 cm³/mol. The number of carbonyl (C=O) groups excluding carboxylic acids is 3. The molecule has 2 heterocycles. The molecular formula is C27H27ClFN3O3S. The molecule has 36 heavy (non-hydrogen) atoms. The lowest BCUT2D eigenvalue weighted by atomic mass is 9.87. The van der Waals surface area contributed by atoms with Crippen LogP contribution in [0.1, 0.15) is 45.2 Å². The van der Waals surface area contributed by atoms with Crippen LogP contribution in [-0.4, -0.2) is 40.6 Å². The summed E-state index contributed by atoms with van der Waals surface area (Å²) in [5.74, 6) is -1.55. The number of imide groups is 1. The molecule has 2 aliphatic rings. The lowest BCUT2D eigenvalue weighted by Crippen LogP contribution is -2.45. The normalized spacial score (nSPS) is 17.9. The van der Waals surface area contributed by atoms with Gasteiger partial charge in [-0.15, -0.1) is 0 Å². The van der Waals surface area contributed by atoms with Crippen LogP contribution in [0.5, 0.6) is 0 Å². The van der Waals surface area contributed by atoms with Gasteiger partial charge in [0.25, 0.3) is 11.1 Å². The van der Waals surface area contributed by atoms with Crippen molar-refractivity contribution in [3.05, 3.63) is 69.3 Å². The predicted octanol–water partition coefficient (Wildman–Crippen LogP) is 6.57. The Labute approximate surface area is 219 Å². The van der Waals surface area contributed by atoms with E-state index < -0.39 is 29.4 Å². The molecule has 6 nitrogen and oxygen atoms in total. The Kier molecular flexibility index (Phi) is 7.29. The highest BCUT2D eigenvalue weighted by molar-refractivity contribution is 8.18. The van der Waals surface area contributed by atoms with Gasteiger partial charge in [-0.05, 0) is 92.6 Å². The molecule has 0 aliphatic carbocycles. The Balaban J connectivity index is 1.57. The summed E-state index contributed by atoms with van der Waals surface area (Å²) in [6.07, 6.45) is 4.80. The number of fused-ring (bicyclic) bond motifs is 1. The topological polar surface area (TPSA) is 69.7 Å². The fraction of sp³-hybridized carbons (Fsp3) is 0.296. The van der Waals surface area contributed by atoms with E-state index in [4.69, 9.17) is 11.6 Å². The van der Waals surface area contributed by atoms with Gasteiger partial charge in [0.05, 0.1) is 10.4 Å². The summed E-state index contributed by atoms with van der Waals surface area (Å²) in [4.78, 5) is 41.3. The van der Waals surface area contributed by atoms with E-state index in [1.165, 1.54) is 24.3 Å². The molecule has 0 saturated carbocycles. The molecule has 1 N–H and O–H groups in total. The number of nitrogens with zero attached hydrogens (tertiary/aromatic N) is 2. The van der Waals surface area contributed by atoms with Crippen LogP contribution in [0.2, 0.25) is 5.02 Å². The molecule has 188 valence electrons. The summed E-state index contributed by atoms with van der Waals surface area (Å²) in [6, 6.07) is 9.07. The first kappa shape index (κ1) is 26.0. The molecule has 0 atom stereocenters. The van der Waals surface area contributed by atoms with Gasteiger partial charge in [0, 0.05) is 28.5 Å². The van der Waals surface area contributed by atoms with Crippen LogP contribution in [0.25, 0.3) is 11.6 Å². The van der Waals surface area contributed by atoms with Crippen molar-refractivity contribution in [1.82, 2.24) is 4.90 Å². The molecule has 0 radical (unpaired) electrons. The second-order valence-corrected chi connectivity index (χ2v) is 10.7. The minimum atomic E-state index is -0.561. The Morgan fingerprint density at radius 3 is 2.56 bits per heavy atom. The number of rotatable bonds is 6. The first-order valence-corrected chi connectivity index (χ1v) is 12.8. The number of amides is 3. The van der Waals surface area contributed by atoms with Crippen molar-refractivity contribution in [3.63, 3.8) is 0 Å². The van der Waals surface area contributed by atoms with Crippen LogP contribution >= 0.6 is 23.4 Å². The highest BCUT2D eigenvalue weighted by atomic mass is 35.5. The van der Waals surface area contributed by atoms with E-state index in [1.807, 2.05) is 12.1 Å². The summed E-state index contributed by atoms with van der Waals surface area (Å²) in [7, 11) is 0. The molecule has 0 aromatic heterocycles. The Morgan fingerprint density at radius 2 is 1.89 bits per heavy atom. The standard InChI is InChI=1S/C27H27ClFN3O3S/c1-5-10-32-22-13-21(28)17(11-20(22)16(2)14-27(32,3)4)12-23-25(34)31(26(35)36-23)15-24(33)30-19-8-6-18(29)7-9-19/h6-9,11-14H,5,10,15H2,1-4H3,(H,30,33)/b23-12+. The third-order valence-corrected chi connectivity index (χ3v) is 7.37. The number of hydrogen-bond acceptors (Lipinski definition) is 5. The van der Waals surface area contributed by atoms with Crippen LogP contribution in [0.15, 0.2) is 47.4 Å². The summed E-state index contributed by atoms with van der Waals surface area (Å²) >= 11 is 7.42. The van der Waals surface area contributed by atoms with Crippen LogP contribution in [-0.2, 0) is 9.59 Å². The second kappa shape index (κ2) is 10.1. The first-order chi connectivity index (χ1) is 17.0. The smallest absolute Gasteiger partial charge is 0.294 e. The van der Waals surface area contributed by atoms with Gasteiger partial charge in [-0.1, -0.05) is 24.6 Å². The van der Waals surface area contributed by atoms with E-state index in [1.54, 1.807) is 6.08 Å². The summed E-state index contributed by atoms with van der Waals surface area (Å²) in [5.41, 5.74) is 4.01. The zero-order valence-electron chi connectivity index (χ0n) is 20.5. The highest BCUT2D eigenvalue weighted by Crippen LogP contribution is 2.42. The molecule has 1 saturated heterocycles. The number of nitrogens with one attached hydrogen (secondary N) is 1. The zero-order chi connectivity index (χ0) is 26.2. The molecular weight excluding hydrogens is 501 g/mol. The van der Waals surface area contributed by atoms with Crippen molar-refractivity contribution in [2.75, 3.05) is 23.3 Å². The summed E-state index contributed by atoms with van der Waals surface area (Å²) in [6.45, 7) is 8.94. The molecule has 2 aliphatic heterocycles. The van der Waals surface area contributed by atoms with E-state index in [-0.39, 0.29) is 10.4 Å². The number of halogens is 2. The molecule has 9 heteroatoms. The Morgan fingerprint density at radius 1 is 1.19 bits per heavy atom. The van der Waals surface area contributed by atoms with E-state index in [0.717, 1.165) is 46.5 Å². The van der Waals surface area contributed by atoms with Crippen molar-refractivity contribution in [1.29, 1.82) is 0 Å². The molecule has 4 rings (SSSR count). The highest BCUT2D eigenvalue weighted by Gasteiger charge is 2.37. The van der Waals surface area contributed by atoms with Gasteiger partial charge in [0.15, 0.2) is 0 Å². The maximum absolute atomic E-state index is 13.1. The summed E-state index contributed by atoms with van der Waals surface area (Å²) in [5, 5.41) is 2.49. The minimum Gasteiger partial charge on any atom is -0.362 e. The van der Waals surface area contributed by atoms with Gasteiger partial charge < -0.3 is 10.2 Å². The van der Waals surface area contributed by atoms with Crippen molar-refractivity contribution in [2.24, 2.45) is 0 Å². The minimum absolute atomic E-state index is 0.158.